The number of aliphatic hydroxyl groups is 3. The molecule has 9 nitrogen and oxygen atoms in total. The zero-order valence-electron chi connectivity index (χ0n) is 10.7. The summed E-state index contributed by atoms with van der Waals surface area (Å²) in [5.41, 5.74) is -3.99. The zero-order chi connectivity index (χ0) is 15.8. The number of ether oxygens (including phenoxy) is 1. The summed E-state index contributed by atoms with van der Waals surface area (Å²) in [4.78, 5) is 24.7. The second kappa shape index (κ2) is 5.59. The molecule has 0 amide bonds. The van der Waals surface area contributed by atoms with Gasteiger partial charge in [0.25, 0.3) is 5.56 Å². The lowest BCUT2D eigenvalue weighted by Gasteiger charge is -2.25. The molecule has 0 saturated carbocycles. The summed E-state index contributed by atoms with van der Waals surface area (Å²) < 4.78 is 5.88. The Labute approximate surface area is 122 Å². The van der Waals surface area contributed by atoms with E-state index in [9.17, 15) is 24.9 Å². The molecular weight excluding hydrogens is 306 g/mol. The van der Waals surface area contributed by atoms with Crippen molar-refractivity contribution in [1.29, 1.82) is 0 Å². The van der Waals surface area contributed by atoms with E-state index in [-0.39, 0.29) is 0 Å². The molecule has 1 fully saturated rings. The summed E-state index contributed by atoms with van der Waals surface area (Å²) >= 11 is 5.27. The molecule has 0 radical (unpaired) electrons. The molecule has 1 aromatic rings. The van der Waals surface area contributed by atoms with Crippen LogP contribution in [0.15, 0.2) is 15.8 Å². The summed E-state index contributed by atoms with van der Waals surface area (Å²) in [6.45, 7) is 1.33. The monoisotopic (exact) mass is 317 g/mol. The number of nitrogens with zero attached hydrogens (tertiary/aromatic N) is 2. The molecule has 1 aliphatic heterocycles. The Morgan fingerprint density at radius 3 is 2.81 bits per heavy atom. The Morgan fingerprint density at radius 1 is 1.62 bits per heavy atom. The van der Waals surface area contributed by atoms with Crippen LogP contribution in [0.4, 0.5) is 0 Å². The highest BCUT2D eigenvalue weighted by molar-refractivity contribution is 6.30. The minimum Gasteiger partial charge on any atom is -0.391 e. The number of halogens is 1. The van der Waals surface area contributed by atoms with Crippen molar-refractivity contribution in [3.63, 3.8) is 0 Å². The third-order valence-corrected chi connectivity index (χ3v) is 3.20. The van der Waals surface area contributed by atoms with Gasteiger partial charge in [-0.05, 0) is 24.4 Å². The van der Waals surface area contributed by atoms with Gasteiger partial charge in [-0.2, -0.15) is 9.78 Å². The molecule has 1 saturated heterocycles. The third-order valence-electron chi connectivity index (χ3n) is 3.11. The van der Waals surface area contributed by atoms with Gasteiger partial charge < -0.3 is 20.1 Å². The first kappa shape index (κ1) is 15.7. The standard InChI is InChI=1S/C11H12ClN3O6/c1-5(16)7-8(18)11(20,2-3-12)9(21-7)15-10(19)14-6(17)4-13-15/h4-5,7-9,16,18,20H,1H3,(H,14,17,19)/t5-,7-,8+,9-,11?/m1/s1. The van der Waals surface area contributed by atoms with Gasteiger partial charge in [-0.15, -0.1) is 0 Å². The second-order valence-electron chi connectivity index (χ2n) is 4.57. The molecule has 1 aromatic heterocycles. The van der Waals surface area contributed by atoms with E-state index in [0.29, 0.717) is 4.68 Å². The predicted octanol–water partition coefficient (Wildman–Crippen LogP) is -2.50. The van der Waals surface area contributed by atoms with Gasteiger partial charge in [-0.3, -0.25) is 9.78 Å². The van der Waals surface area contributed by atoms with Crippen molar-refractivity contribution >= 4 is 11.6 Å². The van der Waals surface area contributed by atoms with Gasteiger partial charge in [0.15, 0.2) is 6.23 Å². The molecule has 2 heterocycles. The molecule has 2 rings (SSSR count). The van der Waals surface area contributed by atoms with Gasteiger partial charge in [-0.1, -0.05) is 0 Å². The normalized spacial score (nSPS) is 33.3. The average molecular weight is 318 g/mol. The van der Waals surface area contributed by atoms with Gasteiger partial charge in [-0.25, -0.2) is 4.79 Å². The fraction of sp³-hybridized carbons (Fsp3) is 0.545. The van der Waals surface area contributed by atoms with Crippen molar-refractivity contribution in [1.82, 2.24) is 14.8 Å². The number of H-pyrrole nitrogens is 1. The average Bonchev–Trinajstić information content (AvgIpc) is 2.64. The molecule has 21 heavy (non-hydrogen) atoms. The minimum absolute atomic E-state index is 0.605. The van der Waals surface area contributed by atoms with Crippen LogP contribution in [0.25, 0.3) is 0 Å². The second-order valence-corrected chi connectivity index (χ2v) is 4.76. The van der Waals surface area contributed by atoms with E-state index >= 15 is 0 Å². The predicted molar refractivity (Wildman–Crippen MR) is 69.3 cm³/mol. The molecule has 10 heteroatoms. The molecule has 1 aliphatic rings. The molecule has 0 spiro atoms. The maximum atomic E-state index is 11.7. The number of aromatic amines is 1. The lowest BCUT2D eigenvalue weighted by atomic mass is 9.93. The van der Waals surface area contributed by atoms with Crippen molar-refractivity contribution in [3.8, 4) is 11.3 Å². The van der Waals surface area contributed by atoms with Crippen molar-refractivity contribution in [2.24, 2.45) is 0 Å². The zero-order valence-corrected chi connectivity index (χ0v) is 11.5. The lowest BCUT2D eigenvalue weighted by molar-refractivity contribution is -0.0947. The van der Waals surface area contributed by atoms with Crippen molar-refractivity contribution < 1.29 is 20.1 Å². The quantitative estimate of drug-likeness (QED) is 0.442. The van der Waals surface area contributed by atoms with E-state index in [0.717, 1.165) is 6.20 Å². The maximum Gasteiger partial charge on any atom is 0.347 e. The van der Waals surface area contributed by atoms with Crippen molar-refractivity contribution in [2.45, 2.75) is 37.1 Å². The van der Waals surface area contributed by atoms with Crippen LogP contribution in [0, 0.1) is 11.3 Å². The van der Waals surface area contributed by atoms with Crippen LogP contribution >= 0.6 is 11.6 Å². The van der Waals surface area contributed by atoms with Gasteiger partial charge in [0.05, 0.1) is 6.10 Å². The Bertz CT molecular complexity index is 704. The van der Waals surface area contributed by atoms with E-state index in [1.54, 1.807) is 0 Å². The number of hydrogen-bond acceptors (Lipinski definition) is 7. The first-order valence-corrected chi connectivity index (χ1v) is 6.24. The van der Waals surface area contributed by atoms with E-state index in [2.05, 4.69) is 11.0 Å². The first-order chi connectivity index (χ1) is 9.81. The number of hydrogen-bond donors (Lipinski definition) is 4. The Morgan fingerprint density at radius 2 is 2.29 bits per heavy atom. The summed E-state index contributed by atoms with van der Waals surface area (Å²) in [5.74, 6) is 2.14. The summed E-state index contributed by atoms with van der Waals surface area (Å²) in [5, 5.41) is 35.5. The highest BCUT2D eigenvalue weighted by Gasteiger charge is 2.57. The number of aliphatic hydroxyl groups excluding tert-OH is 2. The molecule has 5 atom stereocenters. The first-order valence-electron chi connectivity index (χ1n) is 5.86. The van der Waals surface area contributed by atoms with Gasteiger partial charge in [0.1, 0.15) is 18.4 Å². The molecule has 114 valence electrons. The van der Waals surface area contributed by atoms with E-state index < -0.39 is 41.4 Å². The molecule has 0 aromatic carbocycles. The van der Waals surface area contributed by atoms with Gasteiger partial charge in [0.2, 0.25) is 5.60 Å². The molecule has 0 bridgehead atoms. The van der Waals surface area contributed by atoms with Gasteiger partial charge in [0, 0.05) is 5.38 Å². The Hall–Kier alpha value is -1.70. The molecular formula is C11H12ClN3O6. The van der Waals surface area contributed by atoms with E-state index in [1.165, 1.54) is 6.92 Å². The van der Waals surface area contributed by atoms with Crippen LogP contribution in [0.3, 0.4) is 0 Å². The fourth-order valence-corrected chi connectivity index (χ4v) is 2.24. The number of rotatable bonds is 2. The van der Waals surface area contributed by atoms with Crippen LogP contribution < -0.4 is 11.2 Å². The highest BCUT2D eigenvalue weighted by atomic mass is 35.5. The van der Waals surface area contributed by atoms with Crippen LogP contribution in [-0.4, -0.2) is 54.0 Å². The molecule has 0 aliphatic carbocycles. The van der Waals surface area contributed by atoms with E-state index in [1.807, 2.05) is 10.4 Å². The van der Waals surface area contributed by atoms with Gasteiger partial charge >= 0.3 is 5.69 Å². The minimum atomic E-state index is -2.28. The summed E-state index contributed by atoms with van der Waals surface area (Å²) in [7, 11) is 0. The Balaban J connectivity index is 2.56. The Kier molecular flexibility index (Phi) is 4.18. The summed E-state index contributed by atoms with van der Waals surface area (Å²) in [6, 6.07) is 0. The largest absolute Gasteiger partial charge is 0.391 e. The summed E-state index contributed by atoms with van der Waals surface area (Å²) in [6.07, 6.45) is -4.79. The topological polar surface area (TPSA) is 138 Å². The lowest BCUT2D eigenvalue weighted by Crippen LogP contribution is -2.49. The molecule has 1 unspecified atom stereocenters. The van der Waals surface area contributed by atoms with Crippen LogP contribution in [0.2, 0.25) is 0 Å². The maximum absolute atomic E-state index is 11.7. The van der Waals surface area contributed by atoms with Crippen LogP contribution in [-0.2, 0) is 4.74 Å². The van der Waals surface area contributed by atoms with Crippen LogP contribution in [0.5, 0.6) is 0 Å². The number of nitrogens with one attached hydrogen (secondary N) is 1. The highest BCUT2D eigenvalue weighted by Crippen LogP contribution is 2.38. The van der Waals surface area contributed by atoms with Crippen LogP contribution in [0.1, 0.15) is 13.2 Å². The van der Waals surface area contributed by atoms with Crippen molar-refractivity contribution in [2.75, 3.05) is 0 Å². The number of aromatic nitrogens is 3. The van der Waals surface area contributed by atoms with Crippen molar-refractivity contribution in [3.05, 3.63) is 27.0 Å². The fourth-order valence-electron chi connectivity index (χ4n) is 2.09. The smallest absolute Gasteiger partial charge is 0.347 e. The SMILES string of the molecule is C[C@@H](O)[C@H]1O[C@@H](n2ncc(=O)[nH]c2=O)C(O)(C#CCl)[C@H]1O. The van der Waals surface area contributed by atoms with E-state index in [4.69, 9.17) is 16.3 Å². The third kappa shape index (κ3) is 2.59. The molecule has 4 N–H and O–H groups in total.